The minimum atomic E-state index is -0.754. The number of methoxy groups -OCH3 is 5. The van der Waals surface area contributed by atoms with Crippen molar-refractivity contribution < 1.29 is 47.5 Å². The molecule has 1 saturated heterocycles. The summed E-state index contributed by atoms with van der Waals surface area (Å²) in [5.41, 5.74) is 2.40. The van der Waals surface area contributed by atoms with E-state index in [1.807, 2.05) is 31.2 Å². The number of carbonyl (C=O) groups is 3. The lowest BCUT2D eigenvalue weighted by Gasteiger charge is -2.37. The van der Waals surface area contributed by atoms with Crippen LogP contribution in [0.2, 0.25) is 0 Å². The summed E-state index contributed by atoms with van der Waals surface area (Å²) in [6.45, 7) is 2.28. The quantitative estimate of drug-likeness (QED) is 0.123. The number of aryl methyl sites for hydroxylation is 1. The maximum Gasteiger partial charge on any atom is 0.329 e. The number of esters is 1. The van der Waals surface area contributed by atoms with Crippen LogP contribution in [0.25, 0.3) is 0 Å². The molecule has 0 saturated carbocycles. The summed E-state index contributed by atoms with van der Waals surface area (Å²) in [6.07, 6.45) is 3.58. The normalized spacial score (nSPS) is 15.4. The number of nitrogens with zero attached hydrogens (tertiary/aromatic N) is 1. The third-order valence-electron chi connectivity index (χ3n) is 8.80. The average molecular weight is 678 g/mol. The van der Waals surface area contributed by atoms with Gasteiger partial charge in [-0.15, -0.1) is 0 Å². The number of benzene rings is 3. The van der Waals surface area contributed by atoms with Gasteiger partial charge in [0.2, 0.25) is 11.7 Å². The molecule has 1 amide bonds. The molecule has 1 fully saturated rings. The number of rotatable bonds is 17. The molecule has 0 N–H and O–H groups in total. The molecule has 0 bridgehead atoms. The van der Waals surface area contributed by atoms with E-state index in [1.165, 1.54) is 21.3 Å². The number of likely N-dealkylation sites (tertiary alicyclic amines) is 1. The van der Waals surface area contributed by atoms with Crippen LogP contribution in [0.15, 0.2) is 54.6 Å². The molecule has 1 heterocycles. The fourth-order valence-electron chi connectivity index (χ4n) is 6.28. The lowest BCUT2D eigenvalue weighted by atomic mass is 9.91. The van der Waals surface area contributed by atoms with E-state index < -0.39 is 24.0 Å². The molecule has 1 aliphatic heterocycles. The second-order valence-corrected chi connectivity index (χ2v) is 11.7. The van der Waals surface area contributed by atoms with Crippen molar-refractivity contribution in [2.75, 3.05) is 48.7 Å². The fourth-order valence-corrected chi connectivity index (χ4v) is 6.28. The first-order chi connectivity index (χ1) is 23.8. The number of hydrogen-bond acceptors (Lipinski definition) is 10. The Morgan fingerprint density at radius 3 is 2.18 bits per heavy atom. The van der Waals surface area contributed by atoms with E-state index >= 15 is 0 Å². The van der Waals surface area contributed by atoms with Gasteiger partial charge >= 0.3 is 5.97 Å². The zero-order chi connectivity index (χ0) is 35.3. The van der Waals surface area contributed by atoms with E-state index in [2.05, 4.69) is 0 Å². The fraction of sp³-hybridized carbons (Fsp3) is 0.447. The Bertz CT molecular complexity index is 1550. The minimum Gasteiger partial charge on any atom is -0.493 e. The number of carbonyl (C=O) groups excluding carboxylic acids is 3. The Morgan fingerprint density at radius 1 is 0.837 bits per heavy atom. The molecule has 0 aliphatic carbocycles. The topological polar surface area (TPSA) is 119 Å². The smallest absolute Gasteiger partial charge is 0.329 e. The largest absolute Gasteiger partial charge is 0.493 e. The van der Waals surface area contributed by atoms with Gasteiger partial charge in [-0.3, -0.25) is 9.59 Å². The maximum absolute atomic E-state index is 14.3. The summed E-state index contributed by atoms with van der Waals surface area (Å²) in [5.74, 6) is 1.88. The van der Waals surface area contributed by atoms with Gasteiger partial charge < -0.3 is 38.1 Å². The maximum atomic E-state index is 14.3. The monoisotopic (exact) mass is 677 g/mol. The molecule has 0 spiro atoms. The van der Waals surface area contributed by atoms with E-state index in [-0.39, 0.29) is 12.5 Å². The highest BCUT2D eigenvalue weighted by molar-refractivity contribution is 5.89. The third-order valence-corrected chi connectivity index (χ3v) is 8.80. The number of piperidine rings is 1. The molecule has 264 valence electrons. The SMILES string of the molecule is CCC(C(=O)N1CCCC[C@H]1C(=O)OC(CCc1ccc(OC)c(OC)c1)c1cccc(OCC=O)c1)c1cc(OC)c(OC)c(OC)c1. The molecular formula is C38H47NO10. The highest BCUT2D eigenvalue weighted by Crippen LogP contribution is 2.41. The van der Waals surface area contributed by atoms with Crippen LogP contribution in [0.1, 0.15) is 67.7 Å². The highest BCUT2D eigenvalue weighted by Gasteiger charge is 2.38. The van der Waals surface area contributed by atoms with Gasteiger partial charge in [0.05, 0.1) is 41.5 Å². The molecule has 11 nitrogen and oxygen atoms in total. The van der Waals surface area contributed by atoms with Gasteiger partial charge in [-0.05, 0) is 91.6 Å². The molecule has 0 radical (unpaired) electrons. The number of aldehydes is 1. The zero-order valence-corrected chi connectivity index (χ0v) is 29.2. The van der Waals surface area contributed by atoms with Gasteiger partial charge in [0.25, 0.3) is 0 Å². The van der Waals surface area contributed by atoms with E-state index in [0.29, 0.717) is 78.6 Å². The van der Waals surface area contributed by atoms with Crippen molar-refractivity contribution in [1.29, 1.82) is 0 Å². The van der Waals surface area contributed by atoms with Crippen LogP contribution in [-0.2, 0) is 25.5 Å². The van der Waals surface area contributed by atoms with E-state index in [4.69, 9.17) is 33.2 Å². The number of hydrogen-bond donors (Lipinski definition) is 0. The Morgan fingerprint density at radius 2 is 1.55 bits per heavy atom. The summed E-state index contributed by atoms with van der Waals surface area (Å²) in [7, 11) is 7.76. The van der Waals surface area contributed by atoms with Crippen molar-refractivity contribution in [2.45, 2.75) is 63.5 Å². The molecule has 3 aromatic rings. The predicted molar refractivity (Wildman–Crippen MR) is 183 cm³/mol. The Balaban J connectivity index is 1.61. The summed E-state index contributed by atoms with van der Waals surface area (Å²) in [4.78, 5) is 41.0. The standard InChI is InChI=1S/C38H47NO10/c1-7-29(27-23-34(45-4)36(47-6)35(24-27)46-5)37(41)39-18-9-8-13-30(39)38(42)49-31(26-11-10-12-28(22-26)48-20-19-40)16-14-25-15-17-32(43-2)33(21-25)44-3/h10-12,15,17,19,21-24,29-31H,7-9,13-14,16,18,20H2,1-6H3/t29?,30-,31?/m0/s1. The van der Waals surface area contributed by atoms with Crippen LogP contribution in [0.4, 0.5) is 0 Å². The summed E-state index contributed by atoms with van der Waals surface area (Å²) in [6, 6.07) is 15.7. The first-order valence-electron chi connectivity index (χ1n) is 16.5. The molecule has 49 heavy (non-hydrogen) atoms. The van der Waals surface area contributed by atoms with Crippen molar-refractivity contribution in [3.63, 3.8) is 0 Å². The van der Waals surface area contributed by atoms with Crippen LogP contribution < -0.4 is 28.4 Å². The average Bonchev–Trinajstić information content (AvgIpc) is 3.15. The number of amides is 1. The number of ether oxygens (including phenoxy) is 7. The van der Waals surface area contributed by atoms with Crippen LogP contribution >= 0.6 is 0 Å². The highest BCUT2D eigenvalue weighted by atomic mass is 16.5. The van der Waals surface area contributed by atoms with Crippen LogP contribution in [0.5, 0.6) is 34.5 Å². The molecule has 3 aromatic carbocycles. The van der Waals surface area contributed by atoms with Crippen LogP contribution in [0.3, 0.4) is 0 Å². The minimum absolute atomic E-state index is 0.0940. The summed E-state index contributed by atoms with van der Waals surface area (Å²) in [5, 5.41) is 0. The summed E-state index contributed by atoms with van der Waals surface area (Å²) < 4.78 is 39.3. The summed E-state index contributed by atoms with van der Waals surface area (Å²) >= 11 is 0. The molecule has 0 aromatic heterocycles. The molecular weight excluding hydrogens is 630 g/mol. The van der Waals surface area contributed by atoms with Crippen LogP contribution in [0, 0.1) is 0 Å². The van der Waals surface area contributed by atoms with Gasteiger partial charge in [-0.2, -0.15) is 0 Å². The van der Waals surface area contributed by atoms with E-state index in [9.17, 15) is 14.4 Å². The van der Waals surface area contributed by atoms with Crippen molar-refractivity contribution in [3.8, 4) is 34.5 Å². The van der Waals surface area contributed by atoms with Gasteiger partial charge in [0, 0.05) is 6.54 Å². The zero-order valence-electron chi connectivity index (χ0n) is 29.2. The third kappa shape index (κ3) is 8.95. The first-order valence-corrected chi connectivity index (χ1v) is 16.5. The molecule has 2 unspecified atom stereocenters. The van der Waals surface area contributed by atoms with Crippen molar-refractivity contribution in [2.24, 2.45) is 0 Å². The lowest BCUT2D eigenvalue weighted by molar-refractivity contribution is -0.162. The second kappa shape index (κ2) is 18.0. The Kier molecular flexibility index (Phi) is 13.6. The van der Waals surface area contributed by atoms with E-state index in [1.54, 1.807) is 49.5 Å². The van der Waals surface area contributed by atoms with Gasteiger partial charge in [0.15, 0.2) is 29.3 Å². The van der Waals surface area contributed by atoms with Gasteiger partial charge in [-0.25, -0.2) is 4.79 Å². The first kappa shape index (κ1) is 36.9. The lowest BCUT2D eigenvalue weighted by Crippen LogP contribution is -2.50. The molecule has 4 rings (SSSR count). The van der Waals surface area contributed by atoms with Gasteiger partial charge in [0.1, 0.15) is 24.5 Å². The van der Waals surface area contributed by atoms with Crippen molar-refractivity contribution >= 4 is 18.2 Å². The molecule has 11 heteroatoms. The van der Waals surface area contributed by atoms with Gasteiger partial charge in [-0.1, -0.05) is 25.1 Å². The second-order valence-electron chi connectivity index (χ2n) is 11.7. The van der Waals surface area contributed by atoms with Crippen molar-refractivity contribution in [3.05, 3.63) is 71.3 Å². The molecule has 1 aliphatic rings. The molecule has 3 atom stereocenters. The Hall–Kier alpha value is -4.93. The van der Waals surface area contributed by atoms with Crippen molar-refractivity contribution in [1.82, 2.24) is 4.90 Å². The van der Waals surface area contributed by atoms with E-state index in [0.717, 1.165) is 24.0 Å². The van der Waals surface area contributed by atoms with Crippen LogP contribution in [-0.4, -0.2) is 77.8 Å². The predicted octanol–water partition coefficient (Wildman–Crippen LogP) is 6.10. The Labute approximate surface area is 288 Å².